The highest BCUT2D eigenvalue weighted by atomic mass is 16.6. The summed E-state index contributed by atoms with van der Waals surface area (Å²) in [4.78, 5) is 24.0. The first-order valence-corrected chi connectivity index (χ1v) is 10.5. The Bertz CT molecular complexity index is 666. The second kappa shape index (κ2) is 10.2. The Balaban J connectivity index is 1.94. The van der Waals surface area contributed by atoms with E-state index >= 15 is 0 Å². The van der Waals surface area contributed by atoms with Crippen molar-refractivity contribution in [2.24, 2.45) is 5.41 Å². The lowest BCUT2D eigenvalue weighted by molar-refractivity contribution is -0.183. The molecule has 1 saturated carbocycles. The van der Waals surface area contributed by atoms with Gasteiger partial charge in [-0.05, 0) is 59.8 Å². The first-order valence-electron chi connectivity index (χ1n) is 10.5. The molecule has 4 heteroatoms. The normalized spacial score (nSPS) is 28.2. The molecular formula is C24H36O4. The second-order valence-corrected chi connectivity index (χ2v) is 8.72. The second-order valence-electron chi connectivity index (χ2n) is 8.72. The lowest BCUT2D eigenvalue weighted by Crippen LogP contribution is -2.50. The number of allylic oxidation sites excluding steroid dienone is 6. The van der Waals surface area contributed by atoms with Crippen LogP contribution in [0.3, 0.4) is 0 Å². The van der Waals surface area contributed by atoms with Gasteiger partial charge in [0.05, 0.1) is 12.5 Å². The molecule has 0 radical (unpaired) electrons. The van der Waals surface area contributed by atoms with E-state index in [1.54, 1.807) is 7.11 Å². The molecule has 2 fully saturated rings. The molecule has 3 atom stereocenters. The summed E-state index contributed by atoms with van der Waals surface area (Å²) in [5.41, 5.74) is 3.73. The van der Waals surface area contributed by atoms with E-state index < -0.39 is 5.41 Å². The van der Waals surface area contributed by atoms with E-state index in [4.69, 9.17) is 9.47 Å². The van der Waals surface area contributed by atoms with Gasteiger partial charge < -0.3 is 9.47 Å². The maximum Gasteiger partial charge on any atom is 0.308 e. The van der Waals surface area contributed by atoms with Gasteiger partial charge in [-0.15, -0.1) is 0 Å². The third kappa shape index (κ3) is 5.91. The quantitative estimate of drug-likeness (QED) is 0.388. The van der Waals surface area contributed by atoms with E-state index in [1.807, 2.05) is 0 Å². The predicted octanol–water partition coefficient (Wildman–Crippen LogP) is 5.48. The number of ether oxygens (including phenoxy) is 2. The summed E-state index contributed by atoms with van der Waals surface area (Å²) in [6.07, 6.45) is 12.2. The van der Waals surface area contributed by atoms with Crippen molar-refractivity contribution in [3.8, 4) is 0 Å². The Morgan fingerprint density at radius 3 is 2.32 bits per heavy atom. The SMILES string of the molecule is CO[C@@H]1CC(=O)O[C@@H]2CC(=O)C[C@]12C/C=C(\C)CC/C=C(\C)CCC=C(C)C. The zero-order chi connectivity index (χ0) is 20.7. The van der Waals surface area contributed by atoms with Crippen molar-refractivity contribution in [3.05, 3.63) is 34.9 Å². The number of hydrogen-bond acceptors (Lipinski definition) is 4. The van der Waals surface area contributed by atoms with Crippen molar-refractivity contribution >= 4 is 11.8 Å². The summed E-state index contributed by atoms with van der Waals surface area (Å²) in [6, 6.07) is 0. The van der Waals surface area contributed by atoms with Crippen molar-refractivity contribution in [1.29, 1.82) is 0 Å². The lowest BCUT2D eigenvalue weighted by atomic mass is 9.72. The van der Waals surface area contributed by atoms with Crippen LogP contribution in [0.1, 0.15) is 79.1 Å². The molecule has 1 aliphatic heterocycles. The maximum atomic E-state index is 12.1. The van der Waals surface area contributed by atoms with Crippen LogP contribution in [0.5, 0.6) is 0 Å². The average molecular weight is 389 g/mol. The van der Waals surface area contributed by atoms with Gasteiger partial charge in [-0.2, -0.15) is 0 Å². The van der Waals surface area contributed by atoms with Crippen LogP contribution in [0.15, 0.2) is 34.9 Å². The fourth-order valence-electron chi connectivity index (χ4n) is 4.36. The zero-order valence-electron chi connectivity index (χ0n) is 18.2. The molecule has 0 aromatic heterocycles. The number of ketones is 1. The number of methoxy groups -OCH3 is 1. The van der Waals surface area contributed by atoms with Gasteiger partial charge in [0.25, 0.3) is 0 Å². The van der Waals surface area contributed by atoms with Crippen molar-refractivity contribution in [1.82, 2.24) is 0 Å². The lowest BCUT2D eigenvalue weighted by Gasteiger charge is -2.43. The van der Waals surface area contributed by atoms with Crippen LogP contribution >= 0.6 is 0 Å². The van der Waals surface area contributed by atoms with Gasteiger partial charge in [0.15, 0.2) is 0 Å². The average Bonchev–Trinajstić information content (AvgIpc) is 2.94. The molecule has 0 amide bonds. The largest absolute Gasteiger partial charge is 0.461 e. The van der Waals surface area contributed by atoms with E-state index in [2.05, 4.69) is 45.9 Å². The molecule has 0 bridgehead atoms. The van der Waals surface area contributed by atoms with E-state index in [9.17, 15) is 9.59 Å². The topological polar surface area (TPSA) is 52.6 Å². The van der Waals surface area contributed by atoms with Gasteiger partial charge in [0, 0.05) is 25.4 Å². The van der Waals surface area contributed by atoms with Crippen LogP contribution in [0.4, 0.5) is 0 Å². The fourth-order valence-corrected chi connectivity index (χ4v) is 4.36. The minimum Gasteiger partial charge on any atom is -0.461 e. The van der Waals surface area contributed by atoms with Gasteiger partial charge in [-0.25, -0.2) is 0 Å². The number of carbonyl (C=O) groups is 2. The van der Waals surface area contributed by atoms with Crippen LogP contribution in [-0.2, 0) is 19.1 Å². The monoisotopic (exact) mass is 388 g/mol. The summed E-state index contributed by atoms with van der Waals surface area (Å²) in [5.74, 6) is -0.0840. The molecule has 2 rings (SSSR count). The summed E-state index contributed by atoms with van der Waals surface area (Å²) in [5, 5.41) is 0. The molecular weight excluding hydrogens is 352 g/mol. The van der Waals surface area contributed by atoms with Gasteiger partial charge in [0.1, 0.15) is 11.9 Å². The van der Waals surface area contributed by atoms with Gasteiger partial charge in [-0.3, -0.25) is 9.59 Å². The summed E-state index contributed by atoms with van der Waals surface area (Å²) in [6.45, 7) is 8.61. The van der Waals surface area contributed by atoms with Crippen LogP contribution in [0, 0.1) is 5.41 Å². The maximum absolute atomic E-state index is 12.1. The van der Waals surface area contributed by atoms with Crippen molar-refractivity contribution < 1.29 is 19.1 Å². The number of rotatable bonds is 9. The molecule has 0 spiro atoms. The first-order chi connectivity index (χ1) is 13.3. The Morgan fingerprint density at radius 1 is 1.04 bits per heavy atom. The van der Waals surface area contributed by atoms with Crippen molar-refractivity contribution in [3.63, 3.8) is 0 Å². The predicted molar refractivity (Wildman–Crippen MR) is 112 cm³/mol. The van der Waals surface area contributed by atoms with Gasteiger partial charge in [-0.1, -0.05) is 34.9 Å². The van der Waals surface area contributed by atoms with Crippen LogP contribution in [-0.4, -0.2) is 31.1 Å². The first kappa shape index (κ1) is 22.6. The highest BCUT2D eigenvalue weighted by Gasteiger charge is 2.57. The Hall–Kier alpha value is -1.68. The number of Topliss-reactive ketones (excluding diaryl/α,β-unsaturated/α-hetero) is 1. The molecule has 0 aromatic rings. The van der Waals surface area contributed by atoms with E-state index in [1.165, 1.54) is 16.7 Å². The molecule has 28 heavy (non-hydrogen) atoms. The Morgan fingerprint density at radius 2 is 1.68 bits per heavy atom. The minimum atomic E-state index is -0.392. The van der Waals surface area contributed by atoms with Crippen LogP contribution in [0.25, 0.3) is 0 Å². The Labute approximate surface area is 170 Å². The van der Waals surface area contributed by atoms with E-state index in [-0.39, 0.29) is 30.4 Å². The third-order valence-corrected chi connectivity index (χ3v) is 6.09. The number of fused-ring (bicyclic) bond motifs is 1. The molecule has 1 aliphatic carbocycles. The third-order valence-electron chi connectivity index (χ3n) is 6.09. The number of hydrogen-bond donors (Lipinski definition) is 0. The van der Waals surface area contributed by atoms with Crippen molar-refractivity contribution in [2.75, 3.05) is 7.11 Å². The Kier molecular flexibility index (Phi) is 8.23. The van der Waals surface area contributed by atoms with Gasteiger partial charge in [0.2, 0.25) is 0 Å². The molecule has 1 heterocycles. The fraction of sp³-hybridized carbons (Fsp3) is 0.667. The molecule has 2 aliphatic rings. The van der Waals surface area contributed by atoms with E-state index in [0.717, 1.165) is 32.1 Å². The van der Waals surface area contributed by atoms with Crippen molar-refractivity contribution in [2.45, 2.75) is 91.3 Å². The molecule has 0 aromatic carbocycles. The summed E-state index contributed by atoms with van der Waals surface area (Å²) >= 11 is 0. The number of carbonyl (C=O) groups excluding carboxylic acids is 2. The van der Waals surface area contributed by atoms with Gasteiger partial charge >= 0.3 is 5.97 Å². The molecule has 1 saturated heterocycles. The summed E-state index contributed by atoms with van der Waals surface area (Å²) < 4.78 is 11.2. The molecule has 156 valence electrons. The van der Waals surface area contributed by atoms with Crippen LogP contribution in [0.2, 0.25) is 0 Å². The van der Waals surface area contributed by atoms with E-state index in [0.29, 0.717) is 12.8 Å². The smallest absolute Gasteiger partial charge is 0.308 e. The molecule has 0 unspecified atom stereocenters. The zero-order valence-corrected chi connectivity index (χ0v) is 18.2. The minimum absolute atomic E-state index is 0.169. The highest BCUT2D eigenvalue weighted by Crippen LogP contribution is 2.49. The number of esters is 1. The highest BCUT2D eigenvalue weighted by molar-refractivity contribution is 5.84. The summed E-state index contributed by atoms with van der Waals surface area (Å²) in [7, 11) is 1.63. The molecule has 4 nitrogen and oxygen atoms in total. The van der Waals surface area contributed by atoms with Crippen LogP contribution < -0.4 is 0 Å². The standard InChI is InChI=1S/C24H36O4/c1-17(2)8-6-9-18(3)10-7-11-19(4)12-13-24-16-20(25)14-22(24)28-23(26)15-21(24)27-5/h8,10,12,21-22H,6-7,9,11,13-16H2,1-5H3/b18-10+,19-12+/t21-,22-,24-/m1/s1. The molecule has 0 N–H and O–H groups in total.